The van der Waals surface area contributed by atoms with Crippen LogP contribution in [0.4, 0.5) is 15.3 Å². The van der Waals surface area contributed by atoms with Crippen LogP contribution >= 0.6 is 12.2 Å². The molecule has 2 amide bonds. The zero-order valence-corrected chi connectivity index (χ0v) is 16.3. The first-order valence-corrected chi connectivity index (χ1v) is 8.22. The molecule has 0 atom stereocenters. The lowest BCUT2D eigenvalue weighted by molar-refractivity contribution is -0.000245. The fourth-order valence-electron chi connectivity index (χ4n) is 1.80. The first-order valence-electron chi connectivity index (χ1n) is 7.81. The van der Waals surface area contributed by atoms with Crippen LogP contribution in [0.15, 0.2) is 29.3 Å². The summed E-state index contributed by atoms with van der Waals surface area (Å²) in [5.74, 6) is 0. The predicted molar refractivity (Wildman–Crippen MR) is 99.1 cm³/mol. The lowest BCUT2D eigenvalue weighted by Crippen LogP contribution is -2.43. The van der Waals surface area contributed by atoms with Crippen molar-refractivity contribution in [3.05, 3.63) is 29.8 Å². The van der Waals surface area contributed by atoms with Gasteiger partial charge in [0.25, 0.3) is 0 Å². The predicted octanol–water partition coefficient (Wildman–Crippen LogP) is 5.09. The van der Waals surface area contributed by atoms with Gasteiger partial charge in [-0.15, -0.1) is 0 Å². The van der Waals surface area contributed by atoms with Crippen LogP contribution in [0.1, 0.15) is 47.1 Å². The highest BCUT2D eigenvalue weighted by atomic mass is 32.1. The van der Waals surface area contributed by atoms with Crippen LogP contribution in [0.3, 0.4) is 0 Å². The topological polar surface area (TPSA) is 68.2 Å². The van der Waals surface area contributed by atoms with Gasteiger partial charge >= 0.3 is 12.2 Å². The number of amides is 2. The van der Waals surface area contributed by atoms with Gasteiger partial charge in [0, 0.05) is 0 Å². The Bertz CT molecular complexity index is 655. The maximum absolute atomic E-state index is 12.5. The maximum atomic E-state index is 12.5. The minimum atomic E-state index is -0.773. The van der Waals surface area contributed by atoms with Crippen LogP contribution in [0.5, 0.6) is 0 Å². The summed E-state index contributed by atoms with van der Waals surface area (Å²) in [7, 11) is 0. The molecule has 0 radical (unpaired) electrons. The highest BCUT2D eigenvalue weighted by molar-refractivity contribution is 7.78. The largest absolute Gasteiger partial charge is 0.443 e. The van der Waals surface area contributed by atoms with E-state index in [4.69, 9.17) is 9.47 Å². The monoisotopic (exact) mass is 364 g/mol. The van der Waals surface area contributed by atoms with E-state index in [2.05, 4.69) is 22.4 Å². The van der Waals surface area contributed by atoms with E-state index in [-0.39, 0.29) is 6.54 Å². The van der Waals surface area contributed by atoms with Gasteiger partial charge in [-0.1, -0.05) is 12.1 Å². The molecule has 25 heavy (non-hydrogen) atoms. The summed E-state index contributed by atoms with van der Waals surface area (Å²) in [6.07, 6.45) is -1.55. The molecule has 0 saturated carbocycles. The summed E-state index contributed by atoms with van der Waals surface area (Å²) in [6.45, 7) is 10.4. The van der Waals surface area contributed by atoms with Crippen LogP contribution in [0, 0.1) is 0 Å². The van der Waals surface area contributed by atoms with E-state index in [0.717, 1.165) is 4.90 Å². The minimum Gasteiger partial charge on any atom is -0.443 e. The molecule has 0 spiro atoms. The van der Waals surface area contributed by atoms with Gasteiger partial charge in [-0.3, -0.25) is 0 Å². The standard InChI is InChI=1S/C18H24N2O4S/c1-17(2,3)23-15(21)20(16(22)24-18(4,5)6)11-13-8-7-9-14(10-13)19-12-25/h7-10H,11H2,1-6H3. The number of carbonyl (C=O) groups excluding carboxylic acids is 2. The number of ether oxygens (including phenoxy) is 2. The molecule has 7 heteroatoms. The molecule has 0 N–H and O–H groups in total. The fourth-order valence-corrected chi connectivity index (χ4v) is 1.90. The minimum absolute atomic E-state index is 0.00931. The third-order valence-electron chi connectivity index (χ3n) is 2.65. The Morgan fingerprint density at radius 1 is 1.08 bits per heavy atom. The Kier molecular flexibility index (Phi) is 6.85. The second-order valence-electron chi connectivity index (χ2n) is 7.42. The molecule has 0 aliphatic carbocycles. The Balaban J connectivity index is 3.09. The van der Waals surface area contributed by atoms with Gasteiger partial charge in [-0.2, -0.15) is 4.99 Å². The third-order valence-corrected chi connectivity index (χ3v) is 2.75. The van der Waals surface area contributed by atoms with E-state index in [1.165, 1.54) is 0 Å². The smallest absolute Gasteiger partial charge is 0.420 e. The number of isothiocyanates is 1. The van der Waals surface area contributed by atoms with Crippen molar-refractivity contribution >= 4 is 35.3 Å². The van der Waals surface area contributed by atoms with Crippen molar-refractivity contribution in [3.63, 3.8) is 0 Å². The van der Waals surface area contributed by atoms with E-state index < -0.39 is 23.4 Å². The van der Waals surface area contributed by atoms with Crippen molar-refractivity contribution in [3.8, 4) is 0 Å². The van der Waals surface area contributed by atoms with Gasteiger partial charge in [0.1, 0.15) is 11.2 Å². The van der Waals surface area contributed by atoms with E-state index in [1.807, 2.05) is 0 Å². The second kappa shape index (κ2) is 8.23. The van der Waals surface area contributed by atoms with Crippen molar-refractivity contribution in [1.29, 1.82) is 0 Å². The molecule has 0 aliphatic heterocycles. The Hall–Kier alpha value is -2.24. The molecule has 0 aliphatic rings. The number of hydrogen-bond acceptors (Lipinski definition) is 6. The van der Waals surface area contributed by atoms with Crippen molar-refractivity contribution in [2.45, 2.75) is 59.3 Å². The zero-order chi connectivity index (χ0) is 19.3. The quantitative estimate of drug-likeness (QED) is 0.552. The fraction of sp³-hybridized carbons (Fsp3) is 0.500. The second-order valence-corrected chi connectivity index (χ2v) is 7.60. The molecule has 0 unspecified atom stereocenters. The molecule has 1 rings (SSSR count). The lowest BCUT2D eigenvalue weighted by atomic mass is 10.2. The van der Waals surface area contributed by atoms with Crippen molar-refractivity contribution < 1.29 is 19.1 Å². The maximum Gasteiger partial charge on any atom is 0.420 e. The zero-order valence-electron chi connectivity index (χ0n) is 15.5. The summed E-state index contributed by atoms with van der Waals surface area (Å²) in [6, 6.07) is 6.97. The lowest BCUT2D eigenvalue weighted by Gasteiger charge is -2.28. The van der Waals surface area contributed by atoms with Gasteiger partial charge in [0.2, 0.25) is 0 Å². The number of nitrogens with zero attached hydrogens (tertiary/aromatic N) is 2. The number of carbonyl (C=O) groups is 2. The summed E-state index contributed by atoms with van der Waals surface area (Å²) in [4.78, 5) is 29.7. The summed E-state index contributed by atoms with van der Waals surface area (Å²) < 4.78 is 10.6. The third kappa shape index (κ3) is 7.92. The van der Waals surface area contributed by atoms with E-state index >= 15 is 0 Å². The molecule has 0 aromatic heterocycles. The Morgan fingerprint density at radius 3 is 2.04 bits per heavy atom. The van der Waals surface area contributed by atoms with E-state index in [9.17, 15) is 9.59 Å². The van der Waals surface area contributed by atoms with Crippen LogP contribution < -0.4 is 0 Å². The molecule has 1 aromatic rings. The summed E-state index contributed by atoms with van der Waals surface area (Å²) in [5, 5.41) is 2.28. The molecule has 136 valence electrons. The average Bonchev–Trinajstić information content (AvgIpc) is 2.41. The normalized spacial score (nSPS) is 11.3. The highest BCUT2D eigenvalue weighted by Crippen LogP contribution is 2.19. The van der Waals surface area contributed by atoms with Gasteiger partial charge in [0.15, 0.2) is 0 Å². The van der Waals surface area contributed by atoms with Gasteiger partial charge < -0.3 is 9.47 Å². The molecule has 0 heterocycles. The van der Waals surface area contributed by atoms with Crippen LogP contribution in [-0.2, 0) is 16.0 Å². The van der Waals surface area contributed by atoms with Gasteiger partial charge in [0.05, 0.1) is 17.4 Å². The number of aliphatic imine (C=N–C) groups is 1. The molecule has 6 nitrogen and oxygen atoms in total. The summed E-state index contributed by atoms with van der Waals surface area (Å²) >= 11 is 4.59. The van der Waals surface area contributed by atoms with Crippen LogP contribution in [0.25, 0.3) is 0 Å². The molecule has 0 fully saturated rings. The molecular weight excluding hydrogens is 340 g/mol. The van der Waals surface area contributed by atoms with Gasteiger partial charge in [-0.05, 0) is 71.5 Å². The molecule has 1 aromatic carbocycles. The molecule has 0 saturated heterocycles. The van der Waals surface area contributed by atoms with Crippen molar-refractivity contribution in [2.75, 3.05) is 0 Å². The van der Waals surface area contributed by atoms with Crippen molar-refractivity contribution in [1.82, 2.24) is 4.90 Å². The average molecular weight is 364 g/mol. The Morgan fingerprint density at radius 2 is 1.60 bits per heavy atom. The van der Waals surface area contributed by atoms with Crippen molar-refractivity contribution in [2.24, 2.45) is 4.99 Å². The number of benzene rings is 1. The van der Waals surface area contributed by atoms with Crippen LogP contribution in [0.2, 0.25) is 0 Å². The first-order chi connectivity index (χ1) is 11.4. The number of thiocarbonyl (C=S) groups is 1. The number of rotatable bonds is 3. The first kappa shape index (κ1) is 20.8. The summed E-state index contributed by atoms with van der Waals surface area (Å²) in [5.41, 5.74) is -0.203. The SMILES string of the molecule is CC(C)(C)OC(=O)N(Cc1cccc(N=C=S)c1)C(=O)OC(C)(C)C. The highest BCUT2D eigenvalue weighted by Gasteiger charge is 2.31. The van der Waals surface area contributed by atoms with E-state index in [0.29, 0.717) is 11.3 Å². The Labute approximate surface area is 153 Å². The molecule has 0 bridgehead atoms. The van der Waals surface area contributed by atoms with Gasteiger partial charge in [-0.25, -0.2) is 14.5 Å². The van der Waals surface area contributed by atoms with E-state index in [1.54, 1.807) is 65.8 Å². The van der Waals surface area contributed by atoms with Crippen LogP contribution in [-0.4, -0.2) is 33.4 Å². The number of hydrogen-bond donors (Lipinski definition) is 0. The molecular formula is C18H24N2O4S. The number of imide groups is 1.